The number of alkyl halides is 3. The van der Waals surface area contributed by atoms with Crippen LogP contribution in [0.1, 0.15) is 27.0 Å². The maximum atomic E-state index is 13.0. The molecule has 4 N–H and O–H groups in total. The van der Waals surface area contributed by atoms with Crippen molar-refractivity contribution in [3.63, 3.8) is 0 Å². The molecule has 0 spiro atoms. The van der Waals surface area contributed by atoms with E-state index >= 15 is 0 Å². The molecule has 0 saturated carbocycles. The van der Waals surface area contributed by atoms with Gasteiger partial charge >= 0.3 is 12.1 Å². The Morgan fingerprint density at radius 1 is 0.977 bits per heavy atom. The molecule has 1 aliphatic heterocycles. The zero-order chi connectivity index (χ0) is 31.3. The van der Waals surface area contributed by atoms with E-state index in [4.69, 9.17) is 10.5 Å². The largest absolute Gasteiger partial charge is 0.416 e. The van der Waals surface area contributed by atoms with E-state index in [9.17, 15) is 22.8 Å². The SMILES string of the molecule is Cc1c(NC(=O)C#Cc2cccc(C(F)(F)F)c2)cccc1-c1nc(N)nc(Nc2ccc(C(=O)N3CCOCC3)cc2)n1. The van der Waals surface area contributed by atoms with Crippen molar-refractivity contribution in [2.24, 2.45) is 0 Å². The normalized spacial score (nSPS) is 13.0. The van der Waals surface area contributed by atoms with E-state index in [0.29, 0.717) is 54.4 Å². The third kappa shape index (κ3) is 7.29. The molecule has 0 atom stereocenters. The van der Waals surface area contributed by atoms with Crippen LogP contribution in [-0.2, 0) is 15.7 Å². The van der Waals surface area contributed by atoms with Crippen molar-refractivity contribution in [1.82, 2.24) is 19.9 Å². The lowest BCUT2D eigenvalue weighted by Crippen LogP contribution is -2.40. The first-order valence-electron chi connectivity index (χ1n) is 13.4. The molecule has 13 heteroatoms. The number of carbonyl (C=O) groups is 2. The topological polar surface area (TPSA) is 135 Å². The number of nitrogens with one attached hydrogen (secondary N) is 2. The molecule has 3 aromatic carbocycles. The number of anilines is 4. The molecule has 2 heterocycles. The van der Waals surface area contributed by atoms with Crippen molar-refractivity contribution in [3.05, 3.63) is 89.0 Å². The van der Waals surface area contributed by atoms with Crippen LogP contribution in [0.25, 0.3) is 11.4 Å². The van der Waals surface area contributed by atoms with Crippen LogP contribution in [0.15, 0.2) is 66.7 Å². The maximum absolute atomic E-state index is 13.0. The molecule has 1 aromatic heterocycles. The first-order chi connectivity index (χ1) is 21.1. The van der Waals surface area contributed by atoms with E-state index in [1.54, 1.807) is 54.3 Å². The van der Waals surface area contributed by atoms with Gasteiger partial charge in [-0.15, -0.1) is 0 Å². The van der Waals surface area contributed by atoms with Gasteiger partial charge in [0.25, 0.3) is 5.91 Å². The van der Waals surface area contributed by atoms with Crippen LogP contribution in [0.4, 0.5) is 36.4 Å². The number of nitrogens with zero attached hydrogens (tertiary/aromatic N) is 4. The zero-order valence-corrected chi connectivity index (χ0v) is 23.4. The van der Waals surface area contributed by atoms with Crippen LogP contribution in [0.5, 0.6) is 0 Å². The summed E-state index contributed by atoms with van der Waals surface area (Å²) in [4.78, 5) is 39.9. The Kier molecular flexibility index (Phi) is 8.73. The summed E-state index contributed by atoms with van der Waals surface area (Å²) in [5, 5.41) is 5.72. The minimum atomic E-state index is -4.51. The molecule has 1 saturated heterocycles. The molecule has 1 aliphatic rings. The Bertz CT molecular complexity index is 1760. The lowest BCUT2D eigenvalue weighted by molar-refractivity contribution is -0.137. The summed E-state index contributed by atoms with van der Waals surface area (Å²) in [6, 6.07) is 16.4. The Labute approximate surface area is 250 Å². The molecule has 44 heavy (non-hydrogen) atoms. The third-order valence-corrected chi connectivity index (χ3v) is 6.67. The maximum Gasteiger partial charge on any atom is 0.416 e. The smallest absolute Gasteiger partial charge is 0.378 e. The number of hydrogen-bond donors (Lipinski definition) is 3. The molecule has 5 rings (SSSR count). The first-order valence-corrected chi connectivity index (χ1v) is 13.4. The number of amides is 2. The molecule has 0 bridgehead atoms. The molecular formula is C31H26F3N7O3. The minimum absolute atomic E-state index is 0.0441. The number of ether oxygens (including phenoxy) is 1. The number of rotatable bonds is 5. The van der Waals surface area contributed by atoms with Crippen LogP contribution < -0.4 is 16.4 Å². The van der Waals surface area contributed by atoms with Crippen LogP contribution in [0, 0.1) is 18.8 Å². The Hall–Kier alpha value is -5.48. The van der Waals surface area contributed by atoms with Gasteiger partial charge in [0.05, 0.1) is 18.8 Å². The summed E-state index contributed by atoms with van der Waals surface area (Å²) in [5.41, 5.74) is 7.90. The van der Waals surface area contributed by atoms with Crippen molar-refractivity contribution in [2.45, 2.75) is 13.1 Å². The van der Waals surface area contributed by atoms with E-state index in [1.807, 2.05) is 0 Å². The average Bonchev–Trinajstić information content (AvgIpc) is 3.01. The molecular weight excluding hydrogens is 575 g/mol. The first kappa shape index (κ1) is 30.0. The standard InChI is InChI=1S/C31H26F3N7O3/c1-19-24(6-3-7-25(19)37-26(42)13-8-20-4-2-5-22(18-20)31(32,33)34)27-38-29(35)40-30(39-27)36-23-11-9-21(10-12-23)28(43)41-14-16-44-17-15-41/h2-7,9-12,18H,14-17H2,1H3,(H,37,42)(H3,35,36,38,39,40). The predicted molar refractivity (Wildman–Crippen MR) is 158 cm³/mol. The van der Waals surface area contributed by atoms with Crippen LogP contribution >= 0.6 is 0 Å². The molecule has 10 nitrogen and oxygen atoms in total. The molecule has 1 fully saturated rings. The summed E-state index contributed by atoms with van der Waals surface area (Å²) in [7, 11) is 0. The number of halogens is 3. The second-order valence-corrected chi connectivity index (χ2v) is 9.71. The summed E-state index contributed by atoms with van der Waals surface area (Å²) in [6.45, 7) is 3.86. The molecule has 0 aliphatic carbocycles. The zero-order valence-electron chi connectivity index (χ0n) is 23.4. The summed E-state index contributed by atoms with van der Waals surface area (Å²) in [5.74, 6) is 4.36. The quantitative estimate of drug-likeness (QED) is 0.281. The molecule has 224 valence electrons. The van der Waals surface area contributed by atoms with Gasteiger partial charge in [-0.3, -0.25) is 9.59 Å². The van der Waals surface area contributed by atoms with Gasteiger partial charge in [0, 0.05) is 47.1 Å². The van der Waals surface area contributed by atoms with Crippen LogP contribution in [0.3, 0.4) is 0 Å². The molecule has 0 unspecified atom stereocenters. The van der Waals surface area contributed by atoms with Crippen molar-refractivity contribution in [3.8, 4) is 23.2 Å². The van der Waals surface area contributed by atoms with Crippen molar-refractivity contribution < 1.29 is 27.5 Å². The minimum Gasteiger partial charge on any atom is -0.378 e. The fourth-order valence-electron chi connectivity index (χ4n) is 4.41. The molecule has 2 amide bonds. The second-order valence-electron chi connectivity index (χ2n) is 9.71. The molecule has 4 aromatic rings. The summed E-state index contributed by atoms with van der Waals surface area (Å²) < 4.78 is 44.2. The second kappa shape index (κ2) is 12.8. The highest BCUT2D eigenvalue weighted by atomic mass is 19.4. The summed E-state index contributed by atoms with van der Waals surface area (Å²) in [6.07, 6.45) is -4.51. The van der Waals surface area contributed by atoms with Gasteiger partial charge in [0.1, 0.15) is 0 Å². The number of nitrogen functional groups attached to an aromatic ring is 1. The van der Waals surface area contributed by atoms with E-state index in [0.717, 1.165) is 12.1 Å². The number of hydrogen-bond acceptors (Lipinski definition) is 8. The van der Waals surface area contributed by atoms with Gasteiger partial charge in [-0.25, -0.2) is 0 Å². The Morgan fingerprint density at radius 2 is 1.70 bits per heavy atom. The monoisotopic (exact) mass is 601 g/mol. The van der Waals surface area contributed by atoms with Crippen LogP contribution in [-0.4, -0.2) is 58.0 Å². The van der Waals surface area contributed by atoms with E-state index in [2.05, 4.69) is 37.4 Å². The highest BCUT2D eigenvalue weighted by molar-refractivity contribution is 6.05. The summed E-state index contributed by atoms with van der Waals surface area (Å²) >= 11 is 0. The predicted octanol–water partition coefficient (Wildman–Crippen LogP) is 4.65. The Morgan fingerprint density at radius 3 is 2.43 bits per heavy atom. The molecule has 0 radical (unpaired) electrons. The fraction of sp³-hybridized carbons (Fsp3) is 0.194. The van der Waals surface area contributed by atoms with Gasteiger partial charge in [-0.05, 0) is 61.0 Å². The average molecular weight is 602 g/mol. The van der Waals surface area contributed by atoms with E-state index in [-0.39, 0.29) is 29.2 Å². The Balaban J connectivity index is 1.30. The van der Waals surface area contributed by atoms with Gasteiger partial charge in [0.2, 0.25) is 11.9 Å². The number of morpholine rings is 1. The van der Waals surface area contributed by atoms with Crippen molar-refractivity contribution >= 4 is 35.1 Å². The van der Waals surface area contributed by atoms with Crippen molar-refractivity contribution in [1.29, 1.82) is 0 Å². The number of nitrogens with two attached hydrogens (primary N) is 1. The number of benzene rings is 3. The van der Waals surface area contributed by atoms with E-state index < -0.39 is 17.6 Å². The lowest BCUT2D eigenvalue weighted by Gasteiger charge is -2.26. The lowest BCUT2D eigenvalue weighted by atomic mass is 10.1. The third-order valence-electron chi connectivity index (χ3n) is 6.67. The number of aromatic nitrogens is 3. The highest BCUT2D eigenvalue weighted by Gasteiger charge is 2.30. The van der Waals surface area contributed by atoms with Gasteiger partial charge < -0.3 is 26.0 Å². The van der Waals surface area contributed by atoms with Gasteiger partial charge in [0.15, 0.2) is 5.82 Å². The number of carbonyl (C=O) groups excluding carboxylic acids is 2. The van der Waals surface area contributed by atoms with Gasteiger partial charge in [-0.2, -0.15) is 28.1 Å². The van der Waals surface area contributed by atoms with Crippen LogP contribution in [0.2, 0.25) is 0 Å². The fourth-order valence-corrected chi connectivity index (χ4v) is 4.41. The van der Waals surface area contributed by atoms with Crippen molar-refractivity contribution in [2.75, 3.05) is 42.7 Å². The van der Waals surface area contributed by atoms with E-state index in [1.165, 1.54) is 12.1 Å². The van der Waals surface area contributed by atoms with Gasteiger partial charge in [-0.1, -0.05) is 24.1 Å². The highest BCUT2D eigenvalue weighted by Crippen LogP contribution is 2.30.